The summed E-state index contributed by atoms with van der Waals surface area (Å²) in [6.45, 7) is 0.848. The molecule has 1 aliphatic rings. The topological polar surface area (TPSA) is 98.7 Å². The lowest BCUT2D eigenvalue weighted by Crippen LogP contribution is -2.30. The second-order valence-electron chi connectivity index (χ2n) is 7.12. The van der Waals surface area contributed by atoms with Gasteiger partial charge in [0.05, 0.1) is 29.3 Å². The van der Waals surface area contributed by atoms with Crippen LogP contribution in [0.3, 0.4) is 0 Å². The summed E-state index contributed by atoms with van der Waals surface area (Å²) in [7, 11) is 1.65. The molecule has 3 heterocycles. The molecule has 0 fully saturated rings. The Morgan fingerprint density at radius 3 is 2.94 bits per heavy atom. The fourth-order valence-corrected chi connectivity index (χ4v) is 4.52. The number of benzene rings is 2. The summed E-state index contributed by atoms with van der Waals surface area (Å²) in [5.74, 6) is 1.29. The predicted octanol–water partition coefficient (Wildman–Crippen LogP) is 3.66. The fourth-order valence-electron chi connectivity index (χ4n) is 3.90. The Labute approximate surface area is 187 Å². The highest BCUT2D eigenvalue weighted by atomic mass is 79.9. The molecule has 0 amide bonds. The third-order valence-electron chi connectivity index (χ3n) is 5.43. The van der Waals surface area contributed by atoms with Crippen molar-refractivity contribution in [3.63, 3.8) is 0 Å². The number of hydrogen-bond acceptors (Lipinski definition) is 7. The van der Waals surface area contributed by atoms with Gasteiger partial charge in [-0.1, -0.05) is 6.07 Å². The monoisotopic (exact) mass is 481 g/mol. The maximum Gasteiger partial charge on any atom is 0.226 e. The van der Waals surface area contributed by atoms with Gasteiger partial charge < -0.3 is 29.8 Å². The molecule has 9 heteroatoms. The van der Waals surface area contributed by atoms with E-state index in [1.165, 1.54) is 6.33 Å². The van der Waals surface area contributed by atoms with Gasteiger partial charge in [0.15, 0.2) is 6.23 Å². The molecule has 5 rings (SSSR count). The molecule has 0 aliphatic carbocycles. The van der Waals surface area contributed by atoms with Gasteiger partial charge in [-0.2, -0.15) is 0 Å². The van der Waals surface area contributed by atoms with Crippen molar-refractivity contribution in [3.8, 4) is 17.3 Å². The summed E-state index contributed by atoms with van der Waals surface area (Å²) >= 11 is 3.64. The van der Waals surface area contributed by atoms with Crippen LogP contribution in [-0.2, 0) is 0 Å². The number of aromatic nitrogens is 3. The van der Waals surface area contributed by atoms with Crippen LogP contribution >= 0.6 is 15.9 Å². The summed E-state index contributed by atoms with van der Waals surface area (Å²) in [4.78, 5) is 9.95. The first kappa shape index (κ1) is 19.7. The molecule has 8 nitrogen and oxygen atoms in total. The highest BCUT2D eigenvalue weighted by Crippen LogP contribution is 2.37. The van der Waals surface area contributed by atoms with Crippen molar-refractivity contribution in [1.82, 2.24) is 14.5 Å². The normalized spacial score (nSPS) is 16.0. The molecule has 0 bridgehead atoms. The molecule has 0 radical (unpaired) electrons. The van der Waals surface area contributed by atoms with Crippen LogP contribution in [0.5, 0.6) is 11.6 Å². The van der Waals surface area contributed by atoms with Crippen LogP contribution < -0.4 is 20.1 Å². The van der Waals surface area contributed by atoms with Crippen molar-refractivity contribution in [2.45, 2.75) is 6.23 Å². The first-order valence-electron chi connectivity index (χ1n) is 9.70. The summed E-state index contributed by atoms with van der Waals surface area (Å²) in [5, 5.41) is 12.1. The minimum atomic E-state index is -1.01. The zero-order chi connectivity index (χ0) is 21.5. The number of nitrogens with two attached hydrogens (primary N) is 1. The van der Waals surface area contributed by atoms with Gasteiger partial charge in [0.1, 0.15) is 30.1 Å². The molecular formula is C22H20BrN5O3. The molecule has 2 aromatic heterocycles. The van der Waals surface area contributed by atoms with E-state index in [4.69, 9.17) is 15.2 Å². The van der Waals surface area contributed by atoms with Crippen LogP contribution in [0.1, 0.15) is 11.8 Å². The SMILES string of the molecule is COc1cccc(-n2ccc3cc(N4CCOc5ncnc(N)c5C4O)ccc32)c1Br. The van der Waals surface area contributed by atoms with E-state index in [9.17, 15) is 5.11 Å². The van der Waals surface area contributed by atoms with Crippen LogP contribution in [0.25, 0.3) is 16.6 Å². The Hall–Kier alpha value is -3.30. The lowest BCUT2D eigenvalue weighted by Gasteiger charge is -2.28. The maximum absolute atomic E-state index is 11.0. The van der Waals surface area contributed by atoms with E-state index in [0.29, 0.717) is 24.6 Å². The number of halogens is 1. The second-order valence-corrected chi connectivity index (χ2v) is 7.91. The van der Waals surface area contributed by atoms with Gasteiger partial charge in [0, 0.05) is 17.3 Å². The smallest absolute Gasteiger partial charge is 0.226 e. The molecule has 2 aromatic carbocycles. The number of ether oxygens (including phenoxy) is 2. The molecule has 3 N–H and O–H groups in total. The Kier molecular flexibility index (Phi) is 4.91. The van der Waals surface area contributed by atoms with Crippen molar-refractivity contribution in [2.75, 3.05) is 30.9 Å². The number of rotatable bonds is 3. The minimum Gasteiger partial charge on any atom is -0.495 e. The van der Waals surface area contributed by atoms with Crippen molar-refractivity contribution < 1.29 is 14.6 Å². The van der Waals surface area contributed by atoms with Gasteiger partial charge in [0.2, 0.25) is 5.88 Å². The minimum absolute atomic E-state index is 0.208. The zero-order valence-electron chi connectivity index (χ0n) is 16.7. The Morgan fingerprint density at radius 1 is 1.23 bits per heavy atom. The molecule has 158 valence electrons. The first-order chi connectivity index (χ1) is 15.1. The van der Waals surface area contributed by atoms with Gasteiger partial charge in [-0.05, 0) is 52.3 Å². The maximum atomic E-state index is 11.0. The number of hydrogen-bond donors (Lipinski definition) is 2. The van der Waals surface area contributed by atoms with Gasteiger partial charge in [-0.15, -0.1) is 0 Å². The van der Waals surface area contributed by atoms with Crippen LogP contribution in [0, 0.1) is 0 Å². The zero-order valence-corrected chi connectivity index (χ0v) is 18.3. The predicted molar refractivity (Wildman–Crippen MR) is 122 cm³/mol. The average molecular weight is 482 g/mol. The van der Waals surface area contributed by atoms with Crippen LogP contribution in [-0.4, -0.2) is 39.9 Å². The van der Waals surface area contributed by atoms with E-state index in [2.05, 4.69) is 30.5 Å². The number of nitrogens with zero attached hydrogens (tertiary/aromatic N) is 4. The van der Waals surface area contributed by atoms with E-state index >= 15 is 0 Å². The summed E-state index contributed by atoms with van der Waals surface area (Å²) < 4.78 is 14.1. The van der Waals surface area contributed by atoms with E-state index in [-0.39, 0.29) is 5.82 Å². The van der Waals surface area contributed by atoms with Crippen LogP contribution in [0.4, 0.5) is 11.5 Å². The van der Waals surface area contributed by atoms with Crippen molar-refractivity contribution >= 4 is 38.3 Å². The van der Waals surface area contributed by atoms with E-state index in [1.807, 2.05) is 53.6 Å². The number of anilines is 2. The molecule has 0 spiro atoms. The molecule has 0 saturated heterocycles. The highest BCUT2D eigenvalue weighted by Gasteiger charge is 2.29. The quantitative estimate of drug-likeness (QED) is 0.460. The van der Waals surface area contributed by atoms with Gasteiger partial charge in [-0.25, -0.2) is 9.97 Å². The molecule has 0 saturated carbocycles. The number of methoxy groups -OCH3 is 1. The Balaban J connectivity index is 1.55. The summed E-state index contributed by atoms with van der Waals surface area (Å²) in [5.41, 5.74) is 9.24. The summed E-state index contributed by atoms with van der Waals surface area (Å²) in [6.07, 6.45) is 2.34. The third-order valence-corrected chi connectivity index (χ3v) is 6.23. The van der Waals surface area contributed by atoms with E-state index in [0.717, 1.165) is 32.5 Å². The lowest BCUT2D eigenvalue weighted by molar-refractivity contribution is 0.174. The van der Waals surface area contributed by atoms with Crippen LogP contribution in [0.15, 0.2) is 59.5 Å². The van der Waals surface area contributed by atoms with Gasteiger partial charge in [0.25, 0.3) is 0 Å². The highest BCUT2D eigenvalue weighted by molar-refractivity contribution is 9.10. The van der Waals surface area contributed by atoms with Gasteiger partial charge >= 0.3 is 0 Å². The first-order valence-corrected chi connectivity index (χ1v) is 10.5. The molecule has 1 unspecified atom stereocenters. The van der Waals surface area contributed by atoms with Gasteiger partial charge in [-0.3, -0.25) is 0 Å². The molecule has 31 heavy (non-hydrogen) atoms. The Morgan fingerprint density at radius 2 is 2.10 bits per heavy atom. The molecule has 1 atom stereocenters. The average Bonchev–Trinajstić information content (AvgIpc) is 3.11. The molecule has 1 aliphatic heterocycles. The third kappa shape index (κ3) is 3.26. The number of nitrogen functional groups attached to an aromatic ring is 1. The Bertz CT molecular complexity index is 1280. The second kappa shape index (κ2) is 7.75. The largest absolute Gasteiger partial charge is 0.495 e. The lowest BCUT2D eigenvalue weighted by atomic mass is 10.1. The van der Waals surface area contributed by atoms with Crippen molar-refractivity contribution in [2.24, 2.45) is 0 Å². The number of aliphatic hydroxyl groups excluding tert-OH is 1. The number of fused-ring (bicyclic) bond motifs is 2. The van der Waals surface area contributed by atoms with Crippen molar-refractivity contribution in [1.29, 1.82) is 0 Å². The van der Waals surface area contributed by atoms with E-state index in [1.54, 1.807) is 7.11 Å². The standard InChI is InChI=1S/C22H20BrN5O3/c1-30-17-4-2-3-16(19(17)23)28-8-7-13-11-14(5-6-15(13)28)27-9-10-31-21-18(22(27)29)20(24)25-12-26-21/h2-8,11-12,22,29H,9-10H2,1H3,(H2,24,25,26). The molecule has 4 aromatic rings. The summed E-state index contributed by atoms with van der Waals surface area (Å²) in [6, 6.07) is 14.0. The fraction of sp³-hybridized carbons (Fsp3) is 0.182. The van der Waals surface area contributed by atoms with Crippen LogP contribution in [0.2, 0.25) is 0 Å². The van der Waals surface area contributed by atoms with E-state index < -0.39 is 6.23 Å². The molecular weight excluding hydrogens is 462 g/mol. The number of aliphatic hydroxyl groups is 1. The van der Waals surface area contributed by atoms with Crippen molar-refractivity contribution in [3.05, 3.63) is 65.0 Å².